The van der Waals surface area contributed by atoms with Crippen LogP contribution in [0.5, 0.6) is 5.75 Å². The molecule has 0 radical (unpaired) electrons. The summed E-state index contributed by atoms with van der Waals surface area (Å²) in [5.74, 6) is 1.48. The molecular weight excluding hydrogens is 282 g/mol. The number of hydrogen-bond donors (Lipinski definition) is 1. The van der Waals surface area contributed by atoms with E-state index in [1.165, 1.54) is 11.1 Å². The maximum Gasteiger partial charge on any atom is 0.122 e. The van der Waals surface area contributed by atoms with E-state index in [4.69, 9.17) is 16.3 Å². The number of nitrogens with one attached hydrogen (secondary N) is 1. The highest BCUT2D eigenvalue weighted by atomic mass is 35.5. The Morgan fingerprint density at radius 3 is 2.76 bits per heavy atom. The Kier molecular flexibility index (Phi) is 4.47. The van der Waals surface area contributed by atoms with Gasteiger partial charge in [-0.3, -0.25) is 0 Å². The topological polar surface area (TPSA) is 21.3 Å². The summed E-state index contributed by atoms with van der Waals surface area (Å²) >= 11 is 6.31. The number of hydrogen-bond acceptors (Lipinski definition) is 2. The van der Waals surface area contributed by atoms with E-state index < -0.39 is 0 Å². The van der Waals surface area contributed by atoms with E-state index in [0.29, 0.717) is 12.0 Å². The van der Waals surface area contributed by atoms with Crippen molar-refractivity contribution < 1.29 is 4.74 Å². The first-order valence-electron chi connectivity index (χ1n) is 7.42. The molecule has 1 heterocycles. The summed E-state index contributed by atoms with van der Waals surface area (Å²) in [6.07, 6.45) is 1.96. The summed E-state index contributed by atoms with van der Waals surface area (Å²) in [6.45, 7) is 0.780. The minimum atomic E-state index is 0.356. The first-order chi connectivity index (χ1) is 10.3. The van der Waals surface area contributed by atoms with Crippen LogP contribution in [0.15, 0.2) is 48.5 Å². The molecule has 2 aromatic carbocycles. The minimum Gasteiger partial charge on any atom is -0.493 e. The van der Waals surface area contributed by atoms with Crippen LogP contribution in [0.1, 0.15) is 23.5 Å². The van der Waals surface area contributed by atoms with Gasteiger partial charge in [-0.1, -0.05) is 48.0 Å². The number of rotatable bonds is 4. The van der Waals surface area contributed by atoms with Crippen molar-refractivity contribution in [3.05, 3.63) is 64.7 Å². The number of fused-ring (bicyclic) bond motifs is 1. The predicted octanol–water partition coefficient (Wildman–Crippen LogP) is 4.04. The van der Waals surface area contributed by atoms with Crippen molar-refractivity contribution in [1.82, 2.24) is 5.32 Å². The molecule has 1 N–H and O–H groups in total. The summed E-state index contributed by atoms with van der Waals surface area (Å²) in [4.78, 5) is 0. The van der Waals surface area contributed by atoms with Crippen LogP contribution in [0.3, 0.4) is 0 Å². The van der Waals surface area contributed by atoms with Crippen molar-refractivity contribution in [3.8, 4) is 5.75 Å². The van der Waals surface area contributed by atoms with Crippen LogP contribution in [-0.4, -0.2) is 19.7 Å². The monoisotopic (exact) mass is 301 g/mol. The van der Waals surface area contributed by atoms with Gasteiger partial charge in [0, 0.05) is 17.0 Å². The van der Waals surface area contributed by atoms with Crippen molar-refractivity contribution in [3.63, 3.8) is 0 Å². The van der Waals surface area contributed by atoms with Crippen LogP contribution in [0.25, 0.3) is 0 Å². The third-order valence-corrected chi connectivity index (χ3v) is 4.63. The number of benzene rings is 2. The fraction of sp³-hybridized carbons (Fsp3) is 0.333. The SMILES string of the molecule is CNC(Cc1ccccc1Cl)C1CCOc2ccccc21. The van der Waals surface area contributed by atoms with Crippen molar-refractivity contribution in [1.29, 1.82) is 0 Å². The molecule has 1 aliphatic rings. The van der Waals surface area contributed by atoms with Crippen LogP contribution in [0, 0.1) is 0 Å². The molecule has 0 saturated heterocycles. The van der Waals surface area contributed by atoms with Crippen molar-refractivity contribution in [2.45, 2.75) is 24.8 Å². The van der Waals surface area contributed by atoms with Gasteiger partial charge in [-0.25, -0.2) is 0 Å². The first kappa shape index (κ1) is 14.4. The summed E-state index contributed by atoms with van der Waals surface area (Å²) in [6, 6.07) is 16.8. The molecule has 0 bridgehead atoms. The van der Waals surface area contributed by atoms with E-state index in [0.717, 1.165) is 30.2 Å². The molecule has 2 aromatic rings. The van der Waals surface area contributed by atoms with Gasteiger partial charge >= 0.3 is 0 Å². The average Bonchev–Trinajstić information content (AvgIpc) is 2.54. The Morgan fingerprint density at radius 1 is 1.19 bits per heavy atom. The van der Waals surface area contributed by atoms with Gasteiger partial charge in [-0.05, 0) is 43.1 Å². The van der Waals surface area contributed by atoms with Crippen molar-refractivity contribution in [2.24, 2.45) is 0 Å². The molecule has 1 aliphatic heterocycles. The molecule has 2 unspecified atom stereocenters. The van der Waals surface area contributed by atoms with Crippen LogP contribution < -0.4 is 10.1 Å². The van der Waals surface area contributed by atoms with E-state index in [2.05, 4.69) is 29.6 Å². The molecule has 0 aromatic heterocycles. The third-order valence-electron chi connectivity index (χ3n) is 4.26. The normalized spacial score (nSPS) is 18.7. The second-order valence-electron chi connectivity index (χ2n) is 5.47. The largest absolute Gasteiger partial charge is 0.493 e. The molecule has 0 amide bonds. The van der Waals surface area contributed by atoms with Gasteiger partial charge in [0.25, 0.3) is 0 Å². The zero-order chi connectivity index (χ0) is 14.7. The number of likely N-dealkylation sites (N-methyl/N-ethyl adjacent to an activating group) is 1. The molecule has 2 nitrogen and oxygen atoms in total. The van der Waals surface area contributed by atoms with Crippen molar-refractivity contribution >= 4 is 11.6 Å². The lowest BCUT2D eigenvalue weighted by Gasteiger charge is -2.32. The number of ether oxygens (including phenoxy) is 1. The standard InChI is InChI=1S/C18H20ClNO/c1-20-17(12-13-6-2-4-8-16(13)19)14-10-11-21-18-9-5-3-7-15(14)18/h2-9,14,17,20H,10-12H2,1H3. The number of halogens is 1. The summed E-state index contributed by atoms with van der Waals surface area (Å²) in [5, 5.41) is 4.32. The van der Waals surface area contributed by atoms with Gasteiger partial charge < -0.3 is 10.1 Å². The third kappa shape index (κ3) is 3.07. The molecule has 0 saturated carbocycles. The highest BCUT2D eigenvalue weighted by Gasteiger charge is 2.28. The predicted molar refractivity (Wildman–Crippen MR) is 87.3 cm³/mol. The minimum absolute atomic E-state index is 0.356. The Hall–Kier alpha value is -1.51. The van der Waals surface area contributed by atoms with E-state index in [-0.39, 0.29) is 0 Å². The zero-order valence-corrected chi connectivity index (χ0v) is 12.9. The van der Waals surface area contributed by atoms with Crippen LogP contribution in [0.4, 0.5) is 0 Å². The van der Waals surface area contributed by atoms with Crippen molar-refractivity contribution in [2.75, 3.05) is 13.7 Å². The summed E-state index contributed by atoms with van der Waals surface area (Å²) in [7, 11) is 2.03. The molecule has 3 heteroatoms. The van der Waals surface area contributed by atoms with Crippen LogP contribution >= 0.6 is 11.6 Å². The van der Waals surface area contributed by atoms with Crippen LogP contribution in [-0.2, 0) is 6.42 Å². The van der Waals surface area contributed by atoms with Crippen LogP contribution in [0.2, 0.25) is 5.02 Å². The smallest absolute Gasteiger partial charge is 0.122 e. The van der Waals surface area contributed by atoms with E-state index in [9.17, 15) is 0 Å². The maximum absolute atomic E-state index is 6.31. The molecule has 0 fully saturated rings. The highest BCUT2D eigenvalue weighted by Crippen LogP contribution is 2.36. The molecule has 110 valence electrons. The van der Waals surface area contributed by atoms with Gasteiger partial charge in [0.05, 0.1) is 6.61 Å². The number of para-hydroxylation sites is 1. The second kappa shape index (κ2) is 6.50. The van der Waals surface area contributed by atoms with Gasteiger partial charge in [-0.15, -0.1) is 0 Å². The van der Waals surface area contributed by atoms with E-state index in [1.54, 1.807) is 0 Å². The average molecular weight is 302 g/mol. The maximum atomic E-state index is 6.31. The van der Waals surface area contributed by atoms with Gasteiger partial charge in [-0.2, -0.15) is 0 Å². The quantitative estimate of drug-likeness (QED) is 0.920. The second-order valence-corrected chi connectivity index (χ2v) is 5.88. The lowest BCUT2D eigenvalue weighted by Crippen LogP contribution is -2.36. The molecule has 0 spiro atoms. The first-order valence-corrected chi connectivity index (χ1v) is 7.80. The molecule has 2 atom stereocenters. The lowest BCUT2D eigenvalue weighted by molar-refractivity contribution is 0.247. The Bertz CT molecular complexity index is 614. The molecule has 21 heavy (non-hydrogen) atoms. The van der Waals surface area contributed by atoms with Gasteiger partial charge in [0.15, 0.2) is 0 Å². The lowest BCUT2D eigenvalue weighted by atomic mass is 9.84. The fourth-order valence-electron chi connectivity index (χ4n) is 3.13. The molecular formula is C18H20ClNO. The fourth-order valence-corrected chi connectivity index (χ4v) is 3.35. The Labute approximate surface area is 131 Å². The van der Waals surface area contributed by atoms with Gasteiger partial charge in [0.2, 0.25) is 0 Å². The highest BCUT2D eigenvalue weighted by molar-refractivity contribution is 6.31. The van der Waals surface area contributed by atoms with Gasteiger partial charge in [0.1, 0.15) is 5.75 Å². The summed E-state index contributed by atoms with van der Waals surface area (Å²) in [5.41, 5.74) is 2.50. The molecule has 3 rings (SSSR count). The van der Waals surface area contributed by atoms with E-state index in [1.807, 2.05) is 31.3 Å². The molecule has 0 aliphatic carbocycles. The summed E-state index contributed by atoms with van der Waals surface area (Å²) < 4.78 is 5.77. The van der Waals surface area contributed by atoms with E-state index >= 15 is 0 Å². The Balaban J connectivity index is 1.86. The Morgan fingerprint density at radius 2 is 1.95 bits per heavy atom. The zero-order valence-electron chi connectivity index (χ0n) is 12.2.